The second-order valence-corrected chi connectivity index (χ2v) is 7.17. The van der Waals surface area contributed by atoms with Crippen LogP contribution in [0.15, 0.2) is 42.5 Å². The van der Waals surface area contributed by atoms with E-state index in [0.717, 1.165) is 5.56 Å². The average Bonchev–Trinajstić information content (AvgIpc) is 2.48. The number of anilines is 1. The zero-order chi connectivity index (χ0) is 17.0. The molecule has 0 heterocycles. The molecule has 2 aromatic rings. The van der Waals surface area contributed by atoms with Gasteiger partial charge in [0.25, 0.3) is 0 Å². The summed E-state index contributed by atoms with van der Waals surface area (Å²) in [5.41, 5.74) is 1.99. The summed E-state index contributed by atoms with van der Waals surface area (Å²) in [7, 11) is -2.41. The van der Waals surface area contributed by atoms with E-state index in [4.69, 9.17) is 11.6 Å². The van der Waals surface area contributed by atoms with Crippen LogP contribution in [0.4, 0.5) is 5.69 Å². The van der Waals surface area contributed by atoms with Gasteiger partial charge in [0.1, 0.15) is 0 Å². The highest BCUT2D eigenvalue weighted by Gasteiger charge is 2.16. The van der Waals surface area contributed by atoms with Crippen LogP contribution in [0.2, 0.25) is 5.02 Å². The number of carbonyl (C=O) groups excluding carboxylic acids is 1. The zero-order valence-electron chi connectivity index (χ0n) is 12.7. The van der Waals surface area contributed by atoms with Gasteiger partial charge < -0.3 is 4.74 Å². The Balaban J connectivity index is 2.25. The van der Waals surface area contributed by atoms with Crippen LogP contribution in [0.5, 0.6) is 0 Å². The second-order valence-electron chi connectivity index (χ2n) is 5.04. The molecule has 7 heteroatoms. The van der Waals surface area contributed by atoms with Crippen molar-refractivity contribution in [2.75, 3.05) is 11.8 Å². The Labute approximate surface area is 140 Å². The van der Waals surface area contributed by atoms with Crippen LogP contribution >= 0.6 is 11.6 Å². The van der Waals surface area contributed by atoms with Crippen LogP contribution in [0.1, 0.15) is 21.5 Å². The molecule has 0 aromatic heterocycles. The third kappa shape index (κ3) is 4.71. The quantitative estimate of drug-likeness (QED) is 0.836. The Hall–Kier alpha value is -2.05. The van der Waals surface area contributed by atoms with Gasteiger partial charge in [-0.15, -0.1) is 0 Å². The number of esters is 1. The van der Waals surface area contributed by atoms with Crippen LogP contribution in [0.3, 0.4) is 0 Å². The Morgan fingerprint density at radius 3 is 2.61 bits per heavy atom. The number of rotatable bonds is 5. The fraction of sp³-hybridized carbons (Fsp3) is 0.188. The van der Waals surface area contributed by atoms with Crippen LogP contribution in [0, 0.1) is 6.92 Å². The third-order valence-electron chi connectivity index (χ3n) is 3.09. The minimum atomic E-state index is -3.66. The molecule has 0 saturated carbocycles. The highest BCUT2D eigenvalue weighted by Crippen LogP contribution is 2.25. The highest BCUT2D eigenvalue weighted by atomic mass is 35.5. The van der Waals surface area contributed by atoms with Crippen LogP contribution < -0.4 is 4.72 Å². The van der Waals surface area contributed by atoms with Gasteiger partial charge in [-0.25, -0.2) is 13.2 Å². The van der Waals surface area contributed by atoms with Crippen molar-refractivity contribution in [1.29, 1.82) is 0 Å². The Bertz CT molecular complexity index is 834. The summed E-state index contributed by atoms with van der Waals surface area (Å²) < 4.78 is 31.6. The van der Waals surface area contributed by atoms with Crippen molar-refractivity contribution in [2.45, 2.75) is 12.7 Å². The molecule has 0 aliphatic heterocycles. The van der Waals surface area contributed by atoms with Gasteiger partial charge in [0, 0.05) is 0 Å². The maximum absolute atomic E-state index is 12.3. The van der Waals surface area contributed by atoms with E-state index >= 15 is 0 Å². The van der Waals surface area contributed by atoms with E-state index in [-0.39, 0.29) is 22.0 Å². The zero-order valence-corrected chi connectivity index (χ0v) is 14.2. The van der Waals surface area contributed by atoms with Crippen molar-refractivity contribution in [1.82, 2.24) is 0 Å². The summed E-state index contributed by atoms with van der Waals surface area (Å²) in [6.07, 6.45) is 0. The molecule has 0 radical (unpaired) electrons. The molecular weight excluding hydrogens is 338 g/mol. The van der Waals surface area contributed by atoms with Gasteiger partial charge in [-0.2, -0.15) is 0 Å². The van der Waals surface area contributed by atoms with E-state index in [0.29, 0.717) is 5.56 Å². The summed E-state index contributed by atoms with van der Waals surface area (Å²) >= 11 is 6.00. The molecule has 2 rings (SSSR count). The number of carbonyl (C=O) groups is 1. The topological polar surface area (TPSA) is 72.5 Å². The molecule has 5 nitrogen and oxygen atoms in total. The van der Waals surface area contributed by atoms with Gasteiger partial charge in [-0.3, -0.25) is 4.72 Å². The van der Waals surface area contributed by atoms with E-state index in [1.54, 1.807) is 18.2 Å². The maximum atomic E-state index is 12.3. The minimum absolute atomic E-state index is 0.141. The van der Waals surface area contributed by atoms with Gasteiger partial charge in [0.05, 0.1) is 29.1 Å². The lowest BCUT2D eigenvalue weighted by atomic mass is 10.2. The normalized spacial score (nSPS) is 11.1. The predicted octanol–water partition coefficient (Wildman–Crippen LogP) is 3.38. The average molecular weight is 354 g/mol. The van der Waals surface area contributed by atoms with E-state index in [2.05, 4.69) is 9.46 Å². The molecule has 0 bridgehead atoms. The highest BCUT2D eigenvalue weighted by molar-refractivity contribution is 7.91. The number of halogens is 1. The molecule has 0 aliphatic carbocycles. The first kappa shape index (κ1) is 17.3. The molecule has 0 fully saturated rings. The Kier molecular flexibility index (Phi) is 5.28. The number of aryl methyl sites for hydroxylation is 1. The number of ether oxygens (including phenoxy) is 1. The van der Waals surface area contributed by atoms with E-state index in [1.807, 2.05) is 13.0 Å². The Morgan fingerprint density at radius 2 is 1.96 bits per heavy atom. The largest absolute Gasteiger partial charge is 0.465 e. The fourth-order valence-corrected chi connectivity index (χ4v) is 3.49. The van der Waals surface area contributed by atoms with Crippen LogP contribution in [0.25, 0.3) is 0 Å². The first-order valence-corrected chi connectivity index (χ1v) is 8.77. The SMILES string of the molecule is COC(=O)c1ccc(Cl)c(NS(=O)(=O)Cc2cccc(C)c2)c1. The summed E-state index contributed by atoms with van der Waals surface area (Å²) in [5.74, 6) is -0.756. The molecule has 2 aromatic carbocycles. The van der Waals surface area contributed by atoms with Crippen molar-refractivity contribution in [2.24, 2.45) is 0 Å². The standard InChI is InChI=1S/C16H16ClNO4S/c1-11-4-3-5-12(8-11)10-23(20,21)18-15-9-13(16(19)22-2)6-7-14(15)17/h3-9,18H,10H2,1-2H3. The molecule has 0 unspecified atom stereocenters. The number of methoxy groups -OCH3 is 1. The van der Waals surface area contributed by atoms with Crippen molar-refractivity contribution >= 4 is 33.3 Å². The maximum Gasteiger partial charge on any atom is 0.337 e. The van der Waals surface area contributed by atoms with Gasteiger partial charge in [0.2, 0.25) is 10.0 Å². The van der Waals surface area contributed by atoms with Gasteiger partial charge in [-0.1, -0.05) is 41.4 Å². The molecule has 0 atom stereocenters. The number of hydrogen-bond acceptors (Lipinski definition) is 4. The first-order chi connectivity index (χ1) is 10.8. The molecular formula is C16H16ClNO4S. The summed E-state index contributed by atoms with van der Waals surface area (Å²) in [6.45, 7) is 1.89. The molecule has 122 valence electrons. The van der Waals surface area contributed by atoms with Gasteiger partial charge in [-0.05, 0) is 30.7 Å². The minimum Gasteiger partial charge on any atom is -0.465 e. The van der Waals surface area contributed by atoms with Crippen LogP contribution in [-0.4, -0.2) is 21.5 Å². The fourth-order valence-electron chi connectivity index (χ4n) is 2.07. The van der Waals surface area contributed by atoms with Crippen molar-refractivity contribution < 1.29 is 17.9 Å². The van der Waals surface area contributed by atoms with Crippen LogP contribution in [-0.2, 0) is 20.5 Å². The first-order valence-electron chi connectivity index (χ1n) is 6.74. The summed E-state index contributed by atoms with van der Waals surface area (Å²) in [6, 6.07) is 11.5. The lowest BCUT2D eigenvalue weighted by Gasteiger charge is -2.11. The number of hydrogen-bond donors (Lipinski definition) is 1. The molecule has 0 aliphatic rings. The smallest absolute Gasteiger partial charge is 0.337 e. The molecule has 0 saturated heterocycles. The van der Waals surface area contributed by atoms with Crippen molar-refractivity contribution in [3.05, 3.63) is 64.2 Å². The van der Waals surface area contributed by atoms with E-state index in [9.17, 15) is 13.2 Å². The van der Waals surface area contributed by atoms with Crippen molar-refractivity contribution in [3.63, 3.8) is 0 Å². The van der Waals surface area contributed by atoms with Gasteiger partial charge in [0.15, 0.2) is 0 Å². The number of benzene rings is 2. The van der Waals surface area contributed by atoms with Crippen molar-refractivity contribution in [3.8, 4) is 0 Å². The van der Waals surface area contributed by atoms with E-state index < -0.39 is 16.0 Å². The lowest BCUT2D eigenvalue weighted by Crippen LogP contribution is -2.16. The predicted molar refractivity (Wildman–Crippen MR) is 90.2 cm³/mol. The third-order valence-corrected chi connectivity index (χ3v) is 4.67. The lowest BCUT2D eigenvalue weighted by molar-refractivity contribution is 0.0601. The van der Waals surface area contributed by atoms with E-state index in [1.165, 1.54) is 25.3 Å². The monoisotopic (exact) mass is 353 g/mol. The molecule has 23 heavy (non-hydrogen) atoms. The van der Waals surface area contributed by atoms with Gasteiger partial charge >= 0.3 is 5.97 Å². The number of sulfonamides is 1. The second kappa shape index (κ2) is 7.02. The Morgan fingerprint density at radius 1 is 1.22 bits per heavy atom. The molecule has 1 N–H and O–H groups in total. The summed E-state index contributed by atoms with van der Waals surface area (Å²) in [4.78, 5) is 11.5. The molecule has 0 amide bonds. The summed E-state index contributed by atoms with van der Waals surface area (Å²) in [5, 5.41) is 0.200. The molecule has 0 spiro atoms. The number of nitrogens with one attached hydrogen (secondary N) is 1.